The molecule has 1 fully saturated rings. The van der Waals surface area contributed by atoms with Crippen LogP contribution in [0.25, 0.3) is 0 Å². The first kappa shape index (κ1) is 12.8. The van der Waals surface area contributed by atoms with Crippen LogP contribution in [0, 0.1) is 5.41 Å². The Balaban J connectivity index is 2.15. The molecule has 1 aliphatic carbocycles. The van der Waals surface area contributed by atoms with Crippen LogP contribution in [0.5, 0.6) is 0 Å². The van der Waals surface area contributed by atoms with Crippen molar-refractivity contribution >= 4 is 12.6 Å². The lowest BCUT2D eigenvalue weighted by Gasteiger charge is -2.26. The van der Waals surface area contributed by atoms with E-state index in [1.807, 2.05) is 17.0 Å². The minimum absolute atomic E-state index is 0.139. The van der Waals surface area contributed by atoms with Gasteiger partial charge in [0.25, 0.3) is 0 Å². The van der Waals surface area contributed by atoms with Crippen molar-refractivity contribution in [3.63, 3.8) is 0 Å². The van der Waals surface area contributed by atoms with Crippen LogP contribution in [0.15, 0.2) is 17.2 Å². The molecular formula is C13H22N2OS. The van der Waals surface area contributed by atoms with Gasteiger partial charge in [-0.2, -0.15) is 12.6 Å². The van der Waals surface area contributed by atoms with Gasteiger partial charge in [-0.3, -0.25) is 9.13 Å². The lowest BCUT2D eigenvalue weighted by atomic mass is 9.88. The third kappa shape index (κ3) is 2.62. The maximum Gasteiger partial charge on any atom is 0.328 e. The van der Waals surface area contributed by atoms with Gasteiger partial charge in [0.15, 0.2) is 0 Å². The number of hydrogen-bond acceptors (Lipinski definition) is 2. The normalized spacial score (nSPS) is 18.7. The highest BCUT2D eigenvalue weighted by Crippen LogP contribution is 2.40. The number of nitrogens with zero attached hydrogens (tertiary/aromatic N) is 2. The standard InChI is InChI=1S/C13H22N2OS/c1-2-7-14-8-9-15(12(14)16)10-13(11-17)5-3-4-6-13/h8-9,17H,2-7,10-11H2,1H3. The second kappa shape index (κ2) is 5.34. The van der Waals surface area contributed by atoms with Crippen molar-refractivity contribution in [1.82, 2.24) is 9.13 Å². The first-order chi connectivity index (χ1) is 8.21. The molecule has 1 saturated carbocycles. The molecule has 0 aromatic carbocycles. The van der Waals surface area contributed by atoms with E-state index in [0.717, 1.165) is 25.3 Å². The zero-order valence-corrected chi connectivity index (χ0v) is 11.5. The summed E-state index contributed by atoms with van der Waals surface area (Å²) in [4.78, 5) is 12.1. The summed E-state index contributed by atoms with van der Waals surface area (Å²) in [5.74, 6) is 0.887. The molecule has 4 heteroatoms. The van der Waals surface area contributed by atoms with Crippen molar-refractivity contribution in [3.8, 4) is 0 Å². The zero-order valence-electron chi connectivity index (χ0n) is 10.6. The molecule has 1 aliphatic rings. The van der Waals surface area contributed by atoms with E-state index in [1.165, 1.54) is 25.7 Å². The van der Waals surface area contributed by atoms with E-state index in [1.54, 1.807) is 4.57 Å². The molecule has 0 spiro atoms. The SMILES string of the molecule is CCCn1ccn(CC2(CS)CCCC2)c1=O. The predicted molar refractivity (Wildman–Crippen MR) is 73.7 cm³/mol. The topological polar surface area (TPSA) is 26.9 Å². The van der Waals surface area contributed by atoms with E-state index >= 15 is 0 Å². The number of aromatic nitrogens is 2. The highest BCUT2D eigenvalue weighted by Gasteiger charge is 2.33. The van der Waals surface area contributed by atoms with Crippen molar-refractivity contribution < 1.29 is 0 Å². The number of hydrogen-bond donors (Lipinski definition) is 1. The Morgan fingerprint density at radius 2 is 1.94 bits per heavy atom. The van der Waals surface area contributed by atoms with E-state index in [2.05, 4.69) is 19.6 Å². The van der Waals surface area contributed by atoms with Gasteiger partial charge in [-0.15, -0.1) is 0 Å². The molecule has 0 radical (unpaired) electrons. The largest absolute Gasteiger partial charge is 0.328 e. The molecule has 0 saturated heterocycles. The maximum absolute atomic E-state index is 12.1. The van der Waals surface area contributed by atoms with Crippen molar-refractivity contribution in [2.45, 2.75) is 52.1 Å². The molecule has 2 rings (SSSR count). The van der Waals surface area contributed by atoms with Crippen LogP contribution in [-0.4, -0.2) is 14.9 Å². The molecule has 0 unspecified atom stereocenters. The van der Waals surface area contributed by atoms with Gasteiger partial charge >= 0.3 is 5.69 Å². The Bertz CT molecular complexity index is 415. The van der Waals surface area contributed by atoms with Gasteiger partial charge < -0.3 is 0 Å². The van der Waals surface area contributed by atoms with E-state index in [9.17, 15) is 4.79 Å². The lowest BCUT2D eigenvalue weighted by molar-refractivity contribution is 0.285. The van der Waals surface area contributed by atoms with Gasteiger partial charge in [0.05, 0.1) is 0 Å². The second-order valence-corrected chi connectivity index (χ2v) is 5.58. The Morgan fingerprint density at radius 3 is 2.53 bits per heavy atom. The fourth-order valence-electron chi connectivity index (χ4n) is 2.84. The van der Waals surface area contributed by atoms with Crippen LogP contribution in [0.1, 0.15) is 39.0 Å². The molecule has 1 aromatic rings. The summed E-state index contributed by atoms with van der Waals surface area (Å²) >= 11 is 4.49. The third-order valence-electron chi connectivity index (χ3n) is 3.89. The van der Waals surface area contributed by atoms with Crippen molar-refractivity contribution in [1.29, 1.82) is 0 Å². The summed E-state index contributed by atoms with van der Waals surface area (Å²) in [6.07, 6.45) is 9.83. The Morgan fingerprint density at radius 1 is 1.29 bits per heavy atom. The summed E-state index contributed by atoms with van der Waals surface area (Å²) < 4.78 is 3.68. The van der Waals surface area contributed by atoms with Crippen LogP contribution in [0.4, 0.5) is 0 Å². The van der Waals surface area contributed by atoms with E-state index in [0.29, 0.717) is 0 Å². The van der Waals surface area contributed by atoms with Gasteiger partial charge in [0.1, 0.15) is 0 Å². The van der Waals surface area contributed by atoms with E-state index < -0.39 is 0 Å². The minimum atomic E-state index is 0.139. The summed E-state index contributed by atoms with van der Waals surface area (Å²) in [5.41, 5.74) is 0.394. The zero-order chi connectivity index (χ0) is 12.3. The predicted octanol–water partition coefficient (Wildman–Crippen LogP) is 2.55. The first-order valence-corrected chi connectivity index (χ1v) is 7.20. The van der Waals surface area contributed by atoms with Crippen LogP contribution in [-0.2, 0) is 13.1 Å². The van der Waals surface area contributed by atoms with E-state index in [4.69, 9.17) is 0 Å². The monoisotopic (exact) mass is 254 g/mol. The van der Waals surface area contributed by atoms with Gasteiger partial charge in [0.2, 0.25) is 0 Å². The number of imidazole rings is 1. The van der Waals surface area contributed by atoms with Crippen molar-refractivity contribution in [3.05, 3.63) is 22.9 Å². The molecule has 1 aromatic heterocycles. The summed E-state index contributed by atoms with van der Waals surface area (Å²) in [7, 11) is 0. The minimum Gasteiger partial charge on any atom is -0.299 e. The lowest BCUT2D eigenvalue weighted by Crippen LogP contribution is -2.32. The Hall–Kier alpha value is -0.640. The molecule has 96 valence electrons. The quantitative estimate of drug-likeness (QED) is 0.803. The van der Waals surface area contributed by atoms with Gasteiger partial charge in [0, 0.05) is 25.5 Å². The van der Waals surface area contributed by atoms with Crippen molar-refractivity contribution in [2.24, 2.45) is 5.41 Å². The van der Waals surface area contributed by atoms with Gasteiger partial charge in [-0.25, -0.2) is 4.79 Å². The van der Waals surface area contributed by atoms with Gasteiger partial charge in [-0.05, 0) is 30.4 Å². The Kier molecular flexibility index (Phi) is 4.02. The molecule has 0 aliphatic heterocycles. The van der Waals surface area contributed by atoms with Crippen LogP contribution in [0.3, 0.4) is 0 Å². The molecule has 17 heavy (non-hydrogen) atoms. The number of thiol groups is 1. The van der Waals surface area contributed by atoms with Crippen LogP contribution < -0.4 is 5.69 Å². The summed E-state index contributed by atoms with van der Waals surface area (Å²) in [5, 5.41) is 0. The molecule has 0 amide bonds. The van der Waals surface area contributed by atoms with Crippen LogP contribution >= 0.6 is 12.6 Å². The molecular weight excluding hydrogens is 232 g/mol. The molecule has 0 N–H and O–H groups in total. The Labute approximate surface area is 108 Å². The number of aryl methyl sites for hydroxylation is 1. The first-order valence-electron chi connectivity index (χ1n) is 6.57. The van der Waals surface area contributed by atoms with Crippen LogP contribution in [0.2, 0.25) is 0 Å². The molecule has 3 nitrogen and oxygen atoms in total. The third-order valence-corrected chi connectivity index (χ3v) is 4.56. The fourth-order valence-corrected chi connectivity index (χ4v) is 3.25. The van der Waals surface area contributed by atoms with Crippen molar-refractivity contribution in [2.75, 3.05) is 5.75 Å². The molecule has 0 bridgehead atoms. The average molecular weight is 254 g/mol. The summed E-state index contributed by atoms with van der Waals surface area (Å²) in [6, 6.07) is 0. The number of rotatable bonds is 5. The highest BCUT2D eigenvalue weighted by molar-refractivity contribution is 7.80. The smallest absolute Gasteiger partial charge is 0.299 e. The average Bonchev–Trinajstić information content (AvgIpc) is 2.92. The molecule has 1 heterocycles. The second-order valence-electron chi connectivity index (χ2n) is 5.27. The molecule has 0 atom stereocenters. The van der Waals surface area contributed by atoms with Gasteiger partial charge in [-0.1, -0.05) is 19.8 Å². The maximum atomic E-state index is 12.1. The highest BCUT2D eigenvalue weighted by atomic mass is 32.1. The summed E-state index contributed by atoms with van der Waals surface area (Å²) in [6.45, 7) is 3.75. The van der Waals surface area contributed by atoms with E-state index in [-0.39, 0.29) is 11.1 Å². The fraction of sp³-hybridized carbons (Fsp3) is 0.769.